The van der Waals surface area contributed by atoms with Crippen LogP contribution in [0.4, 0.5) is 0 Å². The molecule has 0 bridgehead atoms. The van der Waals surface area contributed by atoms with Gasteiger partial charge in [-0.1, -0.05) is 79.7 Å². The molecule has 0 aliphatic heterocycles. The van der Waals surface area contributed by atoms with E-state index in [2.05, 4.69) is 43.3 Å². The van der Waals surface area contributed by atoms with Gasteiger partial charge in [-0.25, -0.2) is 0 Å². The number of fused-ring (bicyclic) bond motifs is 3. The van der Waals surface area contributed by atoms with Crippen molar-refractivity contribution in [2.45, 2.75) is 18.3 Å². The fourth-order valence-corrected chi connectivity index (χ4v) is 5.64. The van der Waals surface area contributed by atoms with Gasteiger partial charge in [0.2, 0.25) is 0 Å². The number of phenols is 3. The minimum Gasteiger partial charge on any atom is -0.508 e. The van der Waals surface area contributed by atoms with Crippen LogP contribution in [0.5, 0.6) is 17.2 Å². The lowest BCUT2D eigenvalue weighted by atomic mass is 9.64. The van der Waals surface area contributed by atoms with Gasteiger partial charge in [0.05, 0.1) is 0 Å². The maximum Gasteiger partial charge on any atom is 0.120 e. The van der Waals surface area contributed by atoms with Gasteiger partial charge in [0.25, 0.3) is 0 Å². The second-order valence-corrected chi connectivity index (χ2v) is 9.28. The molecule has 1 aliphatic carbocycles. The van der Waals surface area contributed by atoms with Crippen LogP contribution in [0.15, 0.2) is 97.1 Å². The third-order valence-electron chi connectivity index (χ3n) is 7.35. The van der Waals surface area contributed by atoms with Crippen molar-refractivity contribution in [2.24, 2.45) is 0 Å². The summed E-state index contributed by atoms with van der Waals surface area (Å²) in [7, 11) is 0. The Morgan fingerprint density at radius 3 is 2.26 bits per heavy atom. The first-order valence-corrected chi connectivity index (χ1v) is 11.4. The molecule has 3 nitrogen and oxygen atoms in total. The number of allylic oxidation sites excluding steroid dienone is 1. The summed E-state index contributed by atoms with van der Waals surface area (Å²) in [4.78, 5) is 0. The lowest BCUT2D eigenvalue weighted by Crippen LogP contribution is -2.31. The maximum absolute atomic E-state index is 11.3. The third kappa shape index (κ3) is 2.97. The lowest BCUT2D eigenvalue weighted by molar-refractivity contribution is 0.435. The summed E-state index contributed by atoms with van der Waals surface area (Å²) in [5, 5.41) is 35.5. The minimum atomic E-state index is -0.636. The van der Waals surface area contributed by atoms with Gasteiger partial charge < -0.3 is 15.3 Å². The van der Waals surface area contributed by atoms with Crippen LogP contribution < -0.4 is 0 Å². The highest BCUT2D eigenvalue weighted by atomic mass is 16.3. The van der Waals surface area contributed by atoms with E-state index in [9.17, 15) is 15.3 Å². The normalized spacial score (nSPS) is 16.6. The zero-order chi connectivity index (χ0) is 23.4. The quantitative estimate of drug-likeness (QED) is 0.275. The van der Waals surface area contributed by atoms with Crippen LogP contribution in [-0.4, -0.2) is 15.3 Å². The molecule has 5 aromatic carbocycles. The Morgan fingerprint density at radius 2 is 1.41 bits per heavy atom. The Balaban J connectivity index is 1.69. The fourth-order valence-electron chi connectivity index (χ4n) is 5.64. The van der Waals surface area contributed by atoms with Crippen molar-refractivity contribution in [3.63, 3.8) is 0 Å². The summed E-state index contributed by atoms with van der Waals surface area (Å²) in [6.45, 7) is 2.18. The zero-order valence-corrected chi connectivity index (χ0v) is 18.7. The largest absolute Gasteiger partial charge is 0.508 e. The third-order valence-corrected chi connectivity index (χ3v) is 7.35. The van der Waals surface area contributed by atoms with E-state index in [0.717, 1.165) is 43.8 Å². The number of hydrogen-bond acceptors (Lipinski definition) is 3. The molecule has 1 aliphatic rings. The number of phenolic OH excluding ortho intramolecular Hbond substituents is 3. The van der Waals surface area contributed by atoms with Crippen molar-refractivity contribution < 1.29 is 15.3 Å². The molecule has 0 amide bonds. The second kappa shape index (κ2) is 7.39. The number of hydrogen-bond donors (Lipinski definition) is 3. The Hall–Kier alpha value is -4.24. The molecular formula is C31H24O3. The van der Waals surface area contributed by atoms with Crippen LogP contribution in [0.3, 0.4) is 0 Å². The molecule has 3 heteroatoms. The summed E-state index contributed by atoms with van der Waals surface area (Å²) >= 11 is 0. The lowest BCUT2D eigenvalue weighted by Gasteiger charge is -2.38. The van der Waals surface area contributed by atoms with E-state index in [1.54, 1.807) is 30.3 Å². The highest BCUT2D eigenvalue weighted by molar-refractivity contribution is 5.92. The molecule has 2 atom stereocenters. The first kappa shape index (κ1) is 20.4. The molecule has 0 radical (unpaired) electrons. The smallest absolute Gasteiger partial charge is 0.120 e. The molecule has 166 valence electrons. The topological polar surface area (TPSA) is 60.7 Å². The van der Waals surface area contributed by atoms with Crippen LogP contribution in [0.2, 0.25) is 0 Å². The summed E-state index contributed by atoms with van der Waals surface area (Å²) in [6.07, 6.45) is 4.21. The molecule has 0 spiro atoms. The Kier molecular flexibility index (Phi) is 4.43. The number of rotatable bonds is 3. The van der Waals surface area contributed by atoms with E-state index in [4.69, 9.17) is 0 Å². The van der Waals surface area contributed by atoms with Crippen LogP contribution >= 0.6 is 0 Å². The van der Waals surface area contributed by atoms with Gasteiger partial charge in [-0.3, -0.25) is 0 Å². The van der Waals surface area contributed by atoms with E-state index < -0.39 is 5.41 Å². The van der Waals surface area contributed by atoms with Gasteiger partial charge in [0, 0.05) is 16.9 Å². The Labute approximate surface area is 197 Å². The van der Waals surface area contributed by atoms with Crippen molar-refractivity contribution >= 4 is 27.6 Å². The molecule has 6 rings (SSSR count). The molecule has 3 N–H and O–H groups in total. The van der Waals surface area contributed by atoms with E-state index in [1.807, 2.05) is 36.4 Å². The average molecular weight is 445 g/mol. The standard InChI is InChI=1S/C31H24O3/c1-31(23-9-6-19-4-2-3-5-20(19)16-23,28-14-7-21-17-24(32)10-12-26(21)28)30-27-13-11-25(33)18-22(27)8-15-29(30)34/h2-18,28,32-34H,1H3. The molecule has 2 unspecified atom stereocenters. The predicted molar refractivity (Wildman–Crippen MR) is 138 cm³/mol. The Morgan fingerprint density at radius 1 is 0.676 bits per heavy atom. The molecule has 0 heterocycles. The van der Waals surface area contributed by atoms with Crippen molar-refractivity contribution in [1.82, 2.24) is 0 Å². The molecule has 5 aromatic rings. The summed E-state index contributed by atoms with van der Waals surface area (Å²) in [6, 6.07) is 29.1. The molecule has 0 fully saturated rings. The first-order chi connectivity index (χ1) is 16.4. The van der Waals surface area contributed by atoms with Crippen molar-refractivity contribution in [2.75, 3.05) is 0 Å². The van der Waals surface area contributed by atoms with Gasteiger partial charge in [0.1, 0.15) is 17.2 Å². The van der Waals surface area contributed by atoms with Gasteiger partial charge in [-0.15, -0.1) is 0 Å². The summed E-state index contributed by atoms with van der Waals surface area (Å²) < 4.78 is 0. The van der Waals surface area contributed by atoms with Crippen molar-refractivity contribution in [3.8, 4) is 17.2 Å². The van der Waals surface area contributed by atoms with Gasteiger partial charge in [-0.2, -0.15) is 0 Å². The summed E-state index contributed by atoms with van der Waals surface area (Å²) in [5.41, 5.74) is 3.34. The number of benzene rings is 5. The number of aromatic hydroxyl groups is 3. The monoisotopic (exact) mass is 444 g/mol. The van der Waals surface area contributed by atoms with E-state index in [-0.39, 0.29) is 23.2 Å². The fraction of sp³-hybridized carbons (Fsp3) is 0.0968. The van der Waals surface area contributed by atoms with Crippen LogP contribution in [-0.2, 0) is 5.41 Å². The minimum absolute atomic E-state index is 0.0745. The highest BCUT2D eigenvalue weighted by Gasteiger charge is 2.42. The van der Waals surface area contributed by atoms with Crippen LogP contribution in [0.25, 0.3) is 27.6 Å². The molecule has 34 heavy (non-hydrogen) atoms. The van der Waals surface area contributed by atoms with Crippen LogP contribution in [0, 0.1) is 0 Å². The summed E-state index contributed by atoms with van der Waals surface area (Å²) in [5.74, 6) is 0.571. The van der Waals surface area contributed by atoms with Crippen LogP contribution in [0.1, 0.15) is 35.1 Å². The molecule has 0 saturated carbocycles. The SMILES string of the molecule is CC(c1ccc2ccccc2c1)(c1c(O)ccc2cc(O)ccc12)C1C=Cc2cc(O)ccc21. The maximum atomic E-state index is 11.3. The molecule has 0 aromatic heterocycles. The highest BCUT2D eigenvalue weighted by Crippen LogP contribution is 2.53. The van der Waals surface area contributed by atoms with E-state index >= 15 is 0 Å². The molecule has 0 saturated heterocycles. The van der Waals surface area contributed by atoms with Crippen molar-refractivity contribution in [1.29, 1.82) is 0 Å². The zero-order valence-electron chi connectivity index (χ0n) is 18.7. The van der Waals surface area contributed by atoms with E-state index in [1.165, 1.54) is 0 Å². The first-order valence-electron chi connectivity index (χ1n) is 11.4. The van der Waals surface area contributed by atoms with E-state index in [0.29, 0.717) is 0 Å². The van der Waals surface area contributed by atoms with Crippen molar-refractivity contribution in [3.05, 3.63) is 119 Å². The Bertz CT molecular complexity index is 1610. The van der Waals surface area contributed by atoms with Gasteiger partial charge >= 0.3 is 0 Å². The second-order valence-electron chi connectivity index (χ2n) is 9.28. The van der Waals surface area contributed by atoms with Gasteiger partial charge in [-0.05, 0) is 68.6 Å². The predicted octanol–water partition coefficient (Wildman–Crippen LogP) is 7.23. The van der Waals surface area contributed by atoms with Gasteiger partial charge in [0.15, 0.2) is 0 Å². The molecular weight excluding hydrogens is 420 g/mol. The average Bonchev–Trinajstić information content (AvgIpc) is 3.27.